The molecule has 0 unspecified atom stereocenters. The Balaban J connectivity index is 2.08. The van der Waals surface area contributed by atoms with Crippen LogP contribution in [0.4, 0.5) is 10.6 Å². The number of piperazine rings is 1. The third kappa shape index (κ3) is 3.10. The average Bonchev–Trinajstić information content (AvgIpc) is 2.79. The Kier molecular flexibility index (Phi) is 4.37. The summed E-state index contributed by atoms with van der Waals surface area (Å²) in [6.45, 7) is 3.01. The minimum Gasteiger partial charge on any atom is -0.450 e. The van der Waals surface area contributed by atoms with Crippen LogP contribution in [0.2, 0.25) is 0 Å². The number of hydrogen-bond donors (Lipinski definition) is 1. The van der Waals surface area contributed by atoms with Crippen molar-refractivity contribution in [2.24, 2.45) is 7.05 Å². The van der Waals surface area contributed by atoms with Crippen molar-refractivity contribution < 1.29 is 17.9 Å². The molecule has 2 heterocycles. The Morgan fingerprint density at radius 2 is 2.00 bits per heavy atom. The van der Waals surface area contributed by atoms with Gasteiger partial charge in [-0.25, -0.2) is 13.2 Å². The molecule has 0 atom stereocenters. The van der Waals surface area contributed by atoms with Crippen LogP contribution in [0.1, 0.15) is 6.92 Å². The van der Waals surface area contributed by atoms with E-state index in [1.807, 2.05) is 0 Å². The molecule has 0 saturated carbocycles. The number of amides is 1. The number of anilines is 1. The number of sulfonamides is 1. The molecule has 2 rings (SSSR count). The lowest BCUT2D eigenvalue weighted by atomic mass is 10.4. The van der Waals surface area contributed by atoms with Gasteiger partial charge in [0.15, 0.2) is 5.82 Å². The summed E-state index contributed by atoms with van der Waals surface area (Å²) < 4.78 is 32.5. The summed E-state index contributed by atoms with van der Waals surface area (Å²) >= 11 is 0. The van der Waals surface area contributed by atoms with Gasteiger partial charge in [0, 0.05) is 39.4 Å². The van der Waals surface area contributed by atoms with Crippen molar-refractivity contribution in [3.8, 4) is 0 Å². The second kappa shape index (κ2) is 5.90. The van der Waals surface area contributed by atoms with E-state index < -0.39 is 16.1 Å². The lowest BCUT2D eigenvalue weighted by Gasteiger charge is -2.33. The number of nitrogen functional groups attached to an aromatic ring is 1. The Bertz CT molecular complexity index is 619. The number of ether oxygens (including phenoxy) is 1. The van der Waals surface area contributed by atoms with Gasteiger partial charge in [-0.3, -0.25) is 4.68 Å². The van der Waals surface area contributed by atoms with Gasteiger partial charge in [-0.15, -0.1) is 0 Å². The fourth-order valence-corrected chi connectivity index (χ4v) is 3.66. The topological polar surface area (TPSA) is 111 Å². The molecule has 118 valence electrons. The molecule has 0 bridgehead atoms. The van der Waals surface area contributed by atoms with Crippen LogP contribution < -0.4 is 5.73 Å². The first-order valence-electron chi connectivity index (χ1n) is 6.57. The van der Waals surface area contributed by atoms with Gasteiger partial charge < -0.3 is 15.4 Å². The third-order valence-electron chi connectivity index (χ3n) is 3.20. The van der Waals surface area contributed by atoms with Gasteiger partial charge in [-0.1, -0.05) is 0 Å². The van der Waals surface area contributed by atoms with Gasteiger partial charge in [0.2, 0.25) is 10.0 Å². The summed E-state index contributed by atoms with van der Waals surface area (Å²) in [5.74, 6) is -0.0228. The molecule has 0 aliphatic carbocycles. The van der Waals surface area contributed by atoms with Crippen molar-refractivity contribution in [1.29, 1.82) is 0 Å². The Hall–Kier alpha value is -1.81. The van der Waals surface area contributed by atoms with Crippen LogP contribution in [-0.4, -0.2) is 66.3 Å². The molecule has 2 N–H and O–H groups in total. The summed E-state index contributed by atoms with van der Waals surface area (Å²) in [7, 11) is -2.08. The predicted molar refractivity (Wildman–Crippen MR) is 75.0 cm³/mol. The van der Waals surface area contributed by atoms with Gasteiger partial charge >= 0.3 is 6.09 Å². The number of nitrogens with zero attached hydrogens (tertiary/aromatic N) is 4. The molecule has 0 radical (unpaired) electrons. The molecule has 10 heteroatoms. The largest absolute Gasteiger partial charge is 0.450 e. The van der Waals surface area contributed by atoms with E-state index in [4.69, 9.17) is 10.5 Å². The third-order valence-corrected chi connectivity index (χ3v) is 5.12. The van der Waals surface area contributed by atoms with Crippen LogP contribution in [0.15, 0.2) is 11.1 Å². The molecule has 1 aliphatic heterocycles. The predicted octanol–water partition coefficient (Wildman–Crippen LogP) is -0.535. The number of aromatic nitrogens is 2. The maximum absolute atomic E-state index is 12.5. The van der Waals surface area contributed by atoms with Crippen LogP contribution in [0.3, 0.4) is 0 Å². The zero-order valence-electron chi connectivity index (χ0n) is 12.0. The highest BCUT2D eigenvalue weighted by atomic mass is 32.2. The highest BCUT2D eigenvalue weighted by Gasteiger charge is 2.32. The Morgan fingerprint density at radius 3 is 2.48 bits per heavy atom. The molecule has 9 nitrogen and oxygen atoms in total. The number of aryl methyl sites for hydroxylation is 1. The van der Waals surface area contributed by atoms with E-state index >= 15 is 0 Å². The second-order valence-electron chi connectivity index (χ2n) is 4.64. The lowest BCUT2D eigenvalue weighted by Crippen LogP contribution is -2.50. The fourth-order valence-electron chi connectivity index (χ4n) is 2.15. The van der Waals surface area contributed by atoms with Gasteiger partial charge in [-0.2, -0.15) is 9.40 Å². The van der Waals surface area contributed by atoms with Gasteiger partial charge in [0.1, 0.15) is 4.90 Å². The van der Waals surface area contributed by atoms with Gasteiger partial charge in [0.25, 0.3) is 0 Å². The van der Waals surface area contributed by atoms with Crippen molar-refractivity contribution in [2.45, 2.75) is 11.8 Å². The first-order valence-corrected chi connectivity index (χ1v) is 8.01. The quantitative estimate of drug-likeness (QED) is 0.802. The average molecular weight is 317 g/mol. The van der Waals surface area contributed by atoms with Gasteiger partial charge in [-0.05, 0) is 6.92 Å². The summed E-state index contributed by atoms with van der Waals surface area (Å²) in [6.07, 6.45) is 0.956. The summed E-state index contributed by atoms with van der Waals surface area (Å²) in [6, 6.07) is 0. The Labute approximate surface area is 123 Å². The molecular weight excluding hydrogens is 298 g/mol. The normalized spacial score (nSPS) is 17.0. The smallest absolute Gasteiger partial charge is 0.409 e. The molecule has 21 heavy (non-hydrogen) atoms. The number of rotatable bonds is 3. The van der Waals surface area contributed by atoms with Crippen molar-refractivity contribution in [3.05, 3.63) is 6.20 Å². The number of carbonyl (C=O) groups excluding carboxylic acids is 1. The number of hydrogen-bond acceptors (Lipinski definition) is 6. The molecule has 1 fully saturated rings. The zero-order valence-corrected chi connectivity index (χ0v) is 12.8. The van der Waals surface area contributed by atoms with Crippen LogP contribution >= 0.6 is 0 Å². The van der Waals surface area contributed by atoms with Crippen LogP contribution in [0, 0.1) is 0 Å². The van der Waals surface area contributed by atoms with E-state index in [1.54, 1.807) is 14.0 Å². The maximum Gasteiger partial charge on any atom is 0.409 e. The van der Waals surface area contributed by atoms with Crippen LogP contribution in [0.25, 0.3) is 0 Å². The van der Waals surface area contributed by atoms with Crippen LogP contribution in [-0.2, 0) is 21.8 Å². The highest BCUT2D eigenvalue weighted by molar-refractivity contribution is 7.89. The van der Waals surface area contributed by atoms with E-state index in [-0.39, 0.29) is 36.9 Å². The zero-order chi connectivity index (χ0) is 15.6. The van der Waals surface area contributed by atoms with Crippen molar-refractivity contribution >= 4 is 21.9 Å². The fraction of sp³-hybridized carbons (Fsp3) is 0.636. The standard InChI is InChI=1S/C11H19N5O4S/c1-3-20-11(17)15-4-6-16(7-5-15)21(18,19)9-8-14(2)13-10(9)12/h8H,3-7H2,1-2H3,(H2,12,13). The second-order valence-corrected chi connectivity index (χ2v) is 6.55. The van der Waals surface area contributed by atoms with E-state index in [2.05, 4.69) is 5.10 Å². The summed E-state index contributed by atoms with van der Waals surface area (Å²) in [5.41, 5.74) is 5.63. The lowest BCUT2D eigenvalue weighted by molar-refractivity contribution is 0.0934. The van der Waals surface area contributed by atoms with Crippen molar-refractivity contribution in [1.82, 2.24) is 19.0 Å². The molecule has 1 aliphatic rings. The van der Waals surface area contributed by atoms with Crippen molar-refractivity contribution in [3.63, 3.8) is 0 Å². The van der Waals surface area contributed by atoms with Crippen molar-refractivity contribution in [2.75, 3.05) is 38.5 Å². The molecule has 0 spiro atoms. The van der Waals surface area contributed by atoms with Crippen LogP contribution in [0.5, 0.6) is 0 Å². The molecule has 0 aromatic carbocycles. The SMILES string of the molecule is CCOC(=O)N1CCN(S(=O)(=O)c2cn(C)nc2N)CC1. The molecule has 1 amide bonds. The number of nitrogens with two attached hydrogens (primary N) is 1. The van der Waals surface area contributed by atoms with E-state index in [0.717, 1.165) is 0 Å². The monoisotopic (exact) mass is 317 g/mol. The first-order chi connectivity index (χ1) is 9.86. The van der Waals surface area contributed by atoms with E-state index in [0.29, 0.717) is 6.61 Å². The first kappa shape index (κ1) is 15.6. The number of carbonyl (C=O) groups is 1. The molecular formula is C11H19N5O4S. The minimum atomic E-state index is -3.69. The van der Waals surface area contributed by atoms with E-state index in [9.17, 15) is 13.2 Å². The summed E-state index contributed by atoms with van der Waals surface area (Å²) in [4.78, 5) is 13.1. The molecule has 1 saturated heterocycles. The van der Waals surface area contributed by atoms with Gasteiger partial charge in [0.05, 0.1) is 6.61 Å². The summed E-state index contributed by atoms with van der Waals surface area (Å²) in [5, 5.41) is 3.84. The minimum absolute atomic E-state index is 0.00501. The maximum atomic E-state index is 12.5. The van der Waals surface area contributed by atoms with E-state index in [1.165, 1.54) is 20.1 Å². The highest BCUT2D eigenvalue weighted by Crippen LogP contribution is 2.22. The molecule has 1 aromatic rings. The Morgan fingerprint density at radius 1 is 1.38 bits per heavy atom. The molecule has 1 aromatic heterocycles.